The normalized spacial score (nSPS) is 19.8. The Morgan fingerprint density at radius 1 is 1.14 bits per heavy atom. The molecule has 1 amide bonds. The maximum absolute atomic E-state index is 13.0. The fraction of sp³-hybridized carbons (Fsp3) is 0.588. The smallest absolute Gasteiger partial charge is 0.234 e. The first kappa shape index (κ1) is 15.3. The molecular formula is C17H24FN3O. The van der Waals surface area contributed by atoms with E-state index in [9.17, 15) is 9.18 Å². The summed E-state index contributed by atoms with van der Waals surface area (Å²) in [7, 11) is 0. The summed E-state index contributed by atoms with van der Waals surface area (Å²) < 4.78 is 13.0. The molecule has 2 aliphatic rings. The molecule has 0 spiro atoms. The van der Waals surface area contributed by atoms with E-state index in [4.69, 9.17) is 0 Å². The summed E-state index contributed by atoms with van der Waals surface area (Å²) in [5, 5.41) is 3.03. The number of amides is 1. The van der Waals surface area contributed by atoms with Crippen molar-refractivity contribution in [3.63, 3.8) is 0 Å². The second kappa shape index (κ2) is 7.09. The molecule has 1 aliphatic carbocycles. The van der Waals surface area contributed by atoms with Gasteiger partial charge in [-0.15, -0.1) is 0 Å². The van der Waals surface area contributed by atoms with Crippen molar-refractivity contribution in [2.45, 2.75) is 19.3 Å². The largest absolute Gasteiger partial charge is 0.370 e. The van der Waals surface area contributed by atoms with Crippen LogP contribution in [0.1, 0.15) is 19.3 Å². The van der Waals surface area contributed by atoms with Crippen LogP contribution in [0.15, 0.2) is 24.3 Å². The number of nitrogens with zero attached hydrogens (tertiary/aromatic N) is 2. The van der Waals surface area contributed by atoms with Crippen LogP contribution in [-0.2, 0) is 4.79 Å². The third-order valence-electron chi connectivity index (χ3n) is 4.43. The molecule has 120 valence electrons. The quantitative estimate of drug-likeness (QED) is 0.902. The molecule has 1 saturated carbocycles. The fourth-order valence-electron chi connectivity index (χ4n) is 2.88. The van der Waals surface area contributed by atoms with Crippen molar-refractivity contribution >= 4 is 11.6 Å². The van der Waals surface area contributed by atoms with E-state index in [1.165, 1.54) is 25.0 Å². The monoisotopic (exact) mass is 305 g/mol. The Hall–Kier alpha value is -1.62. The zero-order valence-corrected chi connectivity index (χ0v) is 12.9. The summed E-state index contributed by atoms with van der Waals surface area (Å²) in [6, 6.07) is 6.66. The number of rotatable bonds is 5. The molecule has 1 aliphatic heterocycles. The number of hydrogen-bond donors (Lipinski definition) is 1. The van der Waals surface area contributed by atoms with Gasteiger partial charge in [0.25, 0.3) is 0 Å². The Bertz CT molecular complexity index is 501. The minimum absolute atomic E-state index is 0.141. The molecule has 1 heterocycles. The number of carbonyl (C=O) groups excluding carboxylic acids is 1. The van der Waals surface area contributed by atoms with E-state index in [1.807, 2.05) is 12.1 Å². The Balaban J connectivity index is 1.46. The molecule has 0 unspecified atom stereocenters. The van der Waals surface area contributed by atoms with Gasteiger partial charge in [-0.05, 0) is 49.4 Å². The van der Waals surface area contributed by atoms with Gasteiger partial charge in [0.15, 0.2) is 0 Å². The fourth-order valence-corrected chi connectivity index (χ4v) is 2.88. The van der Waals surface area contributed by atoms with Crippen molar-refractivity contribution in [1.82, 2.24) is 10.2 Å². The van der Waals surface area contributed by atoms with E-state index >= 15 is 0 Å². The van der Waals surface area contributed by atoms with Gasteiger partial charge in [-0.25, -0.2) is 4.39 Å². The van der Waals surface area contributed by atoms with Crippen molar-refractivity contribution < 1.29 is 9.18 Å². The van der Waals surface area contributed by atoms with Crippen molar-refractivity contribution in [2.75, 3.05) is 44.2 Å². The number of carbonyl (C=O) groups is 1. The summed E-state index contributed by atoms with van der Waals surface area (Å²) in [4.78, 5) is 16.4. The maximum Gasteiger partial charge on any atom is 0.234 e. The van der Waals surface area contributed by atoms with Crippen LogP contribution in [0.2, 0.25) is 0 Å². The summed E-state index contributed by atoms with van der Waals surface area (Å²) in [6.45, 7) is 4.97. The summed E-state index contributed by atoms with van der Waals surface area (Å²) in [6.07, 6.45) is 3.54. The number of benzene rings is 1. The summed E-state index contributed by atoms with van der Waals surface area (Å²) in [5.41, 5.74) is 1.06. The highest BCUT2D eigenvalue weighted by Gasteiger charge is 2.22. The topological polar surface area (TPSA) is 35.6 Å². The Labute approximate surface area is 131 Å². The Morgan fingerprint density at radius 2 is 1.91 bits per heavy atom. The van der Waals surface area contributed by atoms with Crippen LogP contribution in [0, 0.1) is 11.7 Å². The van der Waals surface area contributed by atoms with Gasteiger partial charge in [-0.2, -0.15) is 0 Å². The molecule has 1 aromatic rings. The second-order valence-electron chi connectivity index (χ2n) is 6.34. The molecular weight excluding hydrogens is 281 g/mol. The molecule has 3 rings (SSSR count). The number of halogens is 1. The highest BCUT2D eigenvalue weighted by atomic mass is 19.1. The zero-order chi connectivity index (χ0) is 15.4. The molecule has 0 bridgehead atoms. The van der Waals surface area contributed by atoms with Gasteiger partial charge < -0.3 is 10.2 Å². The van der Waals surface area contributed by atoms with Gasteiger partial charge in [0.1, 0.15) is 5.82 Å². The number of nitrogens with one attached hydrogen (secondary N) is 1. The molecule has 22 heavy (non-hydrogen) atoms. The Kier molecular flexibility index (Phi) is 4.93. The van der Waals surface area contributed by atoms with E-state index in [1.54, 1.807) is 0 Å². The van der Waals surface area contributed by atoms with Crippen LogP contribution < -0.4 is 10.2 Å². The van der Waals surface area contributed by atoms with Crippen molar-refractivity contribution in [2.24, 2.45) is 5.92 Å². The van der Waals surface area contributed by atoms with Gasteiger partial charge in [-0.3, -0.25) is 9.69 Å². The molecule has 1 aromatic carbocycles. The highest BCUT2D eigenvalue weighted by molar-refractivity contribution is 5.78. The molecule has 0 aromatic heterocycles. The zero-order valence-electron chi connectivity index (χ0n) is 12.9. The van der Waals surface area contributed by atoms with Crippen LogP contribution in [0.5, 0.6) is 0 Å². The third-order valence-corrected chi connectivity index (χ3v) is 4.43. The maximum atomic E-state index is 13.0. The first-order valence-corrected chi connectivity index (χ1v) is 8.20. The van der Waals surface area contributed by atoms with Crippen LogP contribution in [-0.4, -0.2) is 50.1 Å². The van der Waals surface area contributed by atoms with Crippen LogP contribution in [0.4, 0.5) is 10.1 Å². The highest BCUT2D eigenvalue weighted by Crippen LogP contribution is 2.27. The lowest BCUT2D eigenvalue weighted by atomic mass is 10.2. The van der Waals surface area contributed by atoms with Gasteiger partial charge in [-0.1, -0.05) is 0 Å². The minimum atomic E-state index is -0.201. The molecule has 1 saturated heterocycles. The molecule has 4 nitrogen and oxygen atoms in total. The lowest BCUT2D eigenvalue weighted by Gasteiger charge is -2.23. The van der Waals surface area contributed by atoms with Gasteiger partial charge in [0.2, 0.25) is 5.91 Å². The van der Waals surface area contributed by atoms with Gasteiger partial charge in [0, 0.05) is 38.4 Å². The van der Waals surface area contributed by atoms with Crippen molar-refractivity contribution in [1.29, 1.82) is 0 Å². The predicted octanol–water partition coefficient (Wildman–Crippen LogP) is 1.86. The van der Waals surface area contributed by atoms with E-state index < -0.39 is 0 Å². The summed E-state index contributed by atoms with van der Waals surface area (Å²) >= 11 is 0. The van der Waals surface area contributed by atoms with Crippen molar-refractivity contribution in [3.8, 4) is 0 Å². The SMILES string of the molecule is O=C(CN1CCCN(c2ccc(F)cc2)CC1)NCC1CC1. The molecule has 5 heteroatoms. The minimum Gasteiger partial charge on any atom is -0.370 e. The number of hydrogen-bond acceptors (Lipinski definition) is 3. The Morgan fingerprint density at radius 3 is 2.64 bits per heavy atom. The van der Waals surface area contributed by atoms with Gasteiger partial charge in [0.05, 0.1) is 6.54 Å². The standard InChI is InChI=1S/C17H24FN3O/c18-15-4-6-16(7-5-15)21-9-1-8-20(10-11-21)13-17(22)19-12-14-2-3-14/h4-7,14H,1-3,8-13H2,(H,19,22). The molecule has 1 N–H and O–H groups in total. The molecule has 0 atom stereocenters. The van der Waals surface area contributed by atoms with E-state index in [0.717, 1.165) is 50.7 Å². The first-order chi connectivity index (χ1) is 10.7. The first-order valence-electron chi connectivity index (χ1n) is 8.20. The number of anilines is 1. The van der Waals surface area contributed by atoms with E-state index in [2.05, 4.69) is 15.1 Å². The third kappa shape index (κ3) is 4.44. The second-order valence-corrected chi connectivity index (χ2v) is 6.34. The average molecular weight is 305 g/mol. The predicted molar refractivity (Wildman–Crippen MR) is 85.4 cm³/mol. The van der Waals surface area contributed by atoms with E-state index in [-0.39, 0.29) is 11.7 Å². The van der Waals surface area contributed by atoms with Crippen LogP contribution in [0.25, 0.3) is 0 Å². The summed E-state index contributed by atoms with van der Waals surface area (Å²) in [5.74, 6) is 0.664. The van der Waals surface area contributed by atoms with E-state index in [0.29, 0.717) is 6.54 Å². The van der Waals surface area contributed by atoms with Gasteiger partial charge >= 0.3 is 0 Å². The van der Waals surface area contributed by atoms with Crippen molar-refractivity contribution in [3.05, 3.63) is 30.1 Å². The van der Waals surface area contributed by atoms with Crippen LogP contribution in [0.3, 0.4) is 0 Å². The average Bonchev–Trinajstić information content (AvgIpc) is 3.33. The molecule has 0 radical (unpaired) electrons. The lowest BCUT2D eigenvalue weighted by molar-refractivity contribution is -0.122. The molecule has 2 fully saturated rings. The lowest BCUT2D eigenvalue weighted by Crippen LogP contribution is -2.39. The van der Waals surface area contributed by atoms with Crippen LogP contribution >= 0.6 is 0 Å².